The largest absolute Gasteiger partial charge is 0.459 e. The molecule has 2 aromatic rings. The van der Waals surface area contributed by atoms with Gasteiger partial charge in [0, 0.05) is 14.2 Å². The molecule has 0 aliphatic carbocycles. The molecule has 0 radical (unpaired) electrons. The third-order valence-electron chi connectivity index (χ3n) is 5.23. The lowest BCUT2D eigenvalue weighted by Crippen LogP contribution is -2.58. The Kier molecular flexibility index (Phi) is 11.0. The summed E-state index contributed by atoms with van der Waals surface area (Å²) in [5, 5.41) is 5.12. The highest BCUT2D eigenvalue weighted by Crippen LogP contribution is 2.08. The number of ether oxygens (including phenoxy) is 4. The average molecular weight is 473 g/mol. The number of nitrogens with one attached hydrogen (secondary N) is 2. The van der Waals surface area contributed by atoms with Crippen molar-refractivity contribution in [3.8, 4) is 0 Å². The van der Waals surface area contributed by atoms with Gasteiger partial charge in [-0.05, 0) is 25.0 Å². The van der Waals surface area contributed by atoms with Crippen LogP contribution in [0, 0.1) is 0 Å². The van der Waals surface area contributed by atoms with Gasteiger partial charge in [-0.15, -0.1) is 0 Å². The van der Waals surface area contributed by atoms with Gasteiger partial charge in [-0.3, -0.25) is 4.79 Å². The summed E-state index contributed by atoms with van der Waals surface area (Å²) in [5.74, 6) is -1.31. The molecule has 184 valence electrons. The monoisotopic (exact) mass is 472 g/mol. The minimum absolute atomic E-state index is 0.0392. The molecule has 0 aliphatic heterocycles. The van der Waals surface area contributed by atoms with Gasteiger partial charge in [-0.2, -0.15) is 0 Å². The van der Waals surface area contributed by atoms with Gasteiger partial charge in [0.2, 0.25) is 5.91 Å². The molecular weight excluding hydrogens is 440 g/mol. The third kappa shape index (κ3) is 8.49. The van der Waals surface area contributed by atoms with E-state index >= 15 is 0 Å². The Labute approximate surface area is 199 Å². The summed E-state index contributed by atoms with van der Waals surface area (Å²) < 4.78 is 21.1. The Hall–Kier alpha value is -3.43. The lowest BCUT2D eigenvalue weighted by atomic mass is 10.1. The topological polar surface area (TPSA) is 112 Å². The molecule has 2 rings (SSSR count). The summed E-state index contributed by atoms with van der Waals surface area (Å²) in [4.78, 5) is 38.1. The number of hydrogen-bond donors (Lipinski definition) is 2. The zero-order chi connectivity index (χ0) is 24.9. The first-order valence-corrected chi connectivity index (χ1v) is 10.9. The van der Waals surface area contributed by atoms with E-state index in [0.29, 0.717) is 0 Å². The summed E-state index contributed by atoms with van der Waals surface area (Å²) in [6, 6.07) is 16.1. The van der Waals surface area contributed by atoms with Crippen LogP contribution in [0.4, 0.5) is 4.79 Å². The average Bonchev–Trinajstić information content (AvgIpc) is 2.87. The number of carbonyl (C=O) groups is 3. The maximum Gasteiger partial charge on any atom is 0.408 e. The van der Waals surface area contributed by atoms with E-state index in [1.165, 1.54) is 14.2 Å². The van der Waals surface area contributed by atoms with Gasteiger partial charge in [0.25, 0.3) is 0 Å². The Morgan fingerprint density at radius 3 is 1.68 bits per heavy atom. The Morgan fingerprint density at radius 1 is 0.706 bits per heavy atom. The van der Waals surface area contributed by atoms with Crippen LogP contribution in [-0.2, 0) is 41.8 Å². The molecule has 9 nitrogen and oxygen atoms in total. The predicted molar refractivity (Wildman–Crippen MR) is 125 cm³/mol. The van der Waals surface area contributed by atoms with Crippen LogP contribution in [0.25, 0.3) is 0 Å². The standard InChI is InChI=1S/C25H32N2O7/c1-17(31-3)21(27-25(30)34-16-20-13-9-6-10-14-20)23(28)26-22(18(2)32-4)24(29)33-15-19-11-7-5-8-12-19/h5-14,17-18,21-22H,15-16H2,1-4H3,(H,26,28)(H,27,30). The fourth-order valence-corrected chi connectivity index (χ4v) is 2.99. The number of carbonyl (C=O) groups excluding carboxylic acids is 3. The van der Waals surface area contributed by atoms with Crippen LogP contribution < -0.4 is 10.6 Å². The summed E-state index contributed by atoms with van der Waals surface area (Å²) in [5.41, 5.74) is 1.60. The number of esters is 1. The second-order valence-corrected chi connectivity index (χ2v) is 7.64. The fourth-order valence-electron chi connectivity index (χ4n) is 2.99. The van der Waals surface area contributed by atoms with E-state index in [0.717, 1.165) is 11.1 Å². The van der Waals surface area contributed by atoms with Crippen molar-refractivity contribution in [1.29, 1.82) is 0 Å². The van der Waals surface area contributed by atoms with Gasteiger partial charge in [0.15, 0.2) is 6.04 Å². The maximum absolute atomic E-state index is 13.0. The molecule has 0 fully saturated rings. The van der Waals surface area contributed by atoms with Crippen molar-refractivity contribution >= 4 is 18.0 Å². The Morgan fingerprint density at radius 2 is 1.18 bits per heavy atom. The molecule has 0 aromatic heterocycles. The van der Waals surface area contributed by atoms with Crippen LogP contribution in [0.2, 0.25) is 0 Å². The first-order chi connectivity index (χ1) is 16.3. The van der Waals surface area contributed by atoms with Crippen LogP contribution >= 0.6 is 0 Å². The van der Waals surface area contributed by atoms with Crippen molar-refractivity contribution in [2.24, 2.45) is 0 Å². The second-order valence-electron chi connectivity index (χ2n) is 7.64. The maximum atomic E-state index is 13.0. The number of benzene rings is 2. The van der Waals surface area contributed by atoms with E-state index in [2.05, 4.69) is 10.6 Å². The van der Waals surface area contributed by atoms with Crippen LogP contribution in [0.3, 0.4) is 0 Å². The lowest BCUT2D eigenvalue weighted by molar-refractivity contribution is -0.153. The molecule has 0 bridgehead atoms. The van der Waals surface area contributed by atoms with Crippen LogP contribution in [-0.4, -0.2) is 56.5 Å². The zero-order valence-electron chi connectivity index (χ0n) is 19.9. The van der Waals surface area contributed by atoms with Crippen molar-refractivity contribution in [1.82, 2.24) is 10.6 Å². The first-order valence-electron chi connectivity index (χ1n) is 10.9. The van der Waals surface area contributed by atoms with Crippen LogP contribution in [0.5, 0.6) is 0 Å². The summed E-state index contributed by atoms with van der Waals surface area (Å²) >= 11 is 0. The highest BCUT2D eigenvalue weighted by molar-refractivity contribution is 5.90. The molecule has 0 spiro atoms. The lowest BCUT2D eigenvalue weighted by Gasteiger charge is -2.27. The summed E-state index contributed by atoms with van der Waals surface area (Å²) in [6.07, 6.45) is -2.19. The van der Waals surface area contributed by atoms with Gasteiger partial charge in [0.05, 0.1) is 12.2 Å². The van der Waals surface area contributed by atoms with E-state index in [1.54, 1.807) is 13.8 Å². The number of alkyl carbamates (subject to hydrolysis) is 1. The Bertz CT molecular complexity index is 908. The number of methoxy groups -OCH3 is 2. The molecule has 4 atom stereocenters. The van der Waals surface area contributed by atoms with Crippen molar-refractivity contribution < 1.29 is 33.3 Å². The highest BCUT2D eigenvalue weighted by Gasteiger charge is 2.34. The predicted octanol–water partition coefficient (Wildman–Crippen LogP) is 2.58. The van der Waals surface area contributed by atoms with Crippen molar-refractivity contribution in [3.63, 3.8) is 0 Å². The quantitative estimate of drug-likeness (QED) is 0.457. The third-order valence-corrected chi connectivity index (χ3v) is 5.23. The molecule has 0 saturated carbocycles. The minimum atomic E-state index is -1.12. The van der Waals surface area contributed by atoms with Crippen molar-refractivity contribution in [2.75, 3.05) is 14.2 Å². The summed E-state index contributed by atoms with van der Waals surface area (Å²) in [6.45, 7) is 3.33. The van der Waals surface area contributed by atoms with Crippen molar-refractivity contribution in [2.45, 2.75) is 51.4 Å². The molecule has 34 heavy (non-hydrogen) atoms. The van der Waals surface area contributed by atoms with Gasteiger partial charge in [-0.1, -0.05) is 60.7 Å². The van der Waals surface area contributed by atoms with Gasteiger partial charge >= 0.3 is 12.1 Å². The molecule has 0 aliphatic rings. The van der Waals surface area contributed by atoms with E-state index in [1.807, 2.05) is 60.7 Å². The molecule has 9 heteroatoms. The molecule has 0 saturated heterocycles. The second kappa shape index (κ2) is 14.0. The van der Waals surface area contributed by atoms with E-state index < -0.39 is 42.3 Å². The molecule has 0 heterocycles. The van der Waals surface area contributed by atoms with Crippen LogP contribution in [0.1, 0.15) is 25.0 Å². The first kappa shape index (κ1) is 26.8. The molecular formula is C25H32N2O7. The normalized spacial score (nSPS) is 14.2. The van der Waals surface area contributed by atoms with E-state index in [9.17, 15) is 14.4 Å². The van der Waals surface area contributed by atoms with Crippen molar-refractivity contribution in [3.05, 3.63) is 71.8 Å². The van der Waals surface area contributed by atoms with Gasteiger partial charge < -0.3 is 29.6 Å². The Balaban J connectivity index is 2.02. The molecule has 4 unspecified atom stereocenters. The van der Waals surface area contributed by atoms with Gasteiger partial charge in [0.1, 0.15) is 19.3 Å². The van der Waals surface area contributed by atoms with E-state index in [-0.39, 0.29) is 13.2 Å². The molecule has 2 N–H and O–H groups in total. The van der Waals surface area contributed by atoms with Crippen LogP contribution in [0.15, 0.2) is 60.7 Å². The summed E-state index contributed by atoms with van der Waals surface area (Å²) in [7, 11) is 2.83. The molecule has 2 aromatic carbocycles. The number of rotatable bonds is 12. The SMILES string of the molecule is COC(C)C(NC(=O)OCc1ccccc1)C(=O)NC(C(=O)OCc1ccccc1)C(C)OC. The smallest absolute Gasteiger partial charge is 0.408 e. The minimum Gasteiger partial charge on any atom is -0.459 e. The van der Waals surface area contributed by atoms with E-state index in [4.69, 9.17) is 18.9 Å². The fraction of sp³-hybridized carbons (Fsp3) is 0.400. The number of hydrogen-bond acceptors (Lipinski definition) is 7. The highest BCUT2D eigenvalue weighted by atomic mass is 16.6. The molecule has 2 amide bonds. The van der Waals surface area contributed by atoms with Gasteiger partial charge in [-0.25, -0.2) is 9.59 Å². The number of amides is 2. The zero-order valence-corrected chi connectivity index (χ0v) is 19.9.